The molecule has 0 saturated carbocycles. The van der Waals surface area contributed by atoms with Gasteiger partial charge in [-0.3, -0.25) is 0 Å². The predicted octanol–water partition coefficient (Wildman–Crippen LogP) is 4.15. The van der Waals surface area contributed by atoms with Crippen molar-refractivity contribution in [3.63, 3.8) is 0 Å². The fourth-order valence-corrected chi connectivity index (χ4v) is 2.41. The maximum absolute atomic E-state index is 6.16. The highest BCUT2D eigenvalue weighted by molar-refractivity contribution is 6.31. The van der Waals surface area contributed by atoms with Crippen molar-refractivity contribution in [1.29, 1.82) is 0 Å². The number of rotatable bonds is 1. The zero-order valence-corrected chi connectivity index (χ0v) is 12.1. The number of aromatic nitrogens is 2. The van der Waals surface area contributed by atoms with Crippen molar-refractivity contribution < 1.29 is 0 Å². The van der Waals surface area contributed by atoms with E-state index in [-0.39, 0.29) is 0 Å². The van der Waals surface area contributed by atoms with Gasteiger partial charge in [0, 0.05) is 16.0 Å². The minimum atomic E-state index is 0.494. The lowest BCUT2D eigenvalue weighted by atomic mass is 10.1. The standard InChI is InChI=1S/C16H14ClN3/c1-9-6-7-14-12(8-9)15(18)20-16(19-14)11-4-3-5-13(17)10(11)2/h3-8H,1-2H3,(H2,18,19,20). The van der Waals surface area contributed by atoms with Crippen molar-refractivity contribution in [2.24, 2.45) is 0 Å². The first-order valence-corrected chi connectivity index (χ1v) is 6.73. The number of anilines is 1. The van der Waals surface area contributed by atoms with Crippen molar-refractivity contribution in [1.82, 2.24) is 9.97 Å². The van der Waals surface area contributed by atoms with Gasteiger partial charge >= 0.3 is 0 Å². The average molecular weight is 284 g/mol. The van der Waals surface area contributed by atoms with Crippen LogP contribution in [0, 0.1) is 13.8 Å². The molecule has 3 nitrogen and oxygen atoms in total. The van der Waals surface area contributed by atoms with E-state index in [4.69, 9.17) is 17.3 Å². The molecule has 0 spiro atoms. The maximum Gasteiger partial charge on any atom is 0.162 e. The van der Waals surface area contributed by atoms with Gasteiger partial charge in [-0.1, -0.05) is 35.4 Å². The van der Waals surface area contributed by atoms with Crippen LogP contribution in [0.1, 0.15) is 11.1 Å². The van der Waals surface area contributed by atoms with Crippen LogP contribution in [0.4, 0.5) is 5.82 Å². The molecule has 0 aliphatic rings. The summed E-state index contributed by atoms with van der Waals surface area (Å²) >= 11 is 6.16. The fourth-order valence-electron chi connectivity index (χ4n) is 2.24. The minimum absolute atomic E-state index is 0.494. The third-order valence-electron chi connectivity index (χ3n) is 3.39. The topological polar surface area (TPSA) is 51.8 Å². The number of halogens is 1. The Morgan fingerprint density at radius 3 is 2.65 bits per heavy atom. The number of aryl methyl sites for hydroxylation is 1. The van der Waals surface area contributed by atoms with Crippen LogP contribution in [-0.2, 0) is 0 Å². The summed E-state index contributed by atoms with van der Waals surface area (Å²) in [6.07, 6.45) is 0. The van der Waals surface area contributed by atoms with Gasteiger partial charge in [0.05, 0.1) is 5.52 Å². The normalized spacial score (nSPS) is 10.9. The monoisotopic (exact) mass is 283 g/mol. The third kappa shape index (κ3) is 2.10. The van der Waals surface area contributed by atoms with Gasteiger partial charge in [-0.2, -0.15) is 0 Å². The number of nitrogen functional groups attached to an aromatic ring is 1. The number of nitrogens with two attached hydrogens (primary N) is 1. The van der Waals surface area contributed by atoms with Crippen LogP contribution in [0.2, 0.25) is 5.02 Å². The van der Waals surface area contributed by atoms with E-state index in [1.165, 1.54) is 0 Å². The van der Waals surface area contributed by atoms with Gasteiger partial charge in [-0.25, -0.2) is 9.97 Å². The average Bonchev–Trinajstić information content (AvgIpc) is 2.42. The Bertz CT molecular complexity index is 812. The van der Waals surface area contributed by atoms with Gasteiger partial charge in [0.1, 0.15) is 5.82 Å². The zero-order valence-electron chi connectivity index (χ0n) is 11.3. The molecule has 20 heavy (non-hydrogen) atoms. The number of nitrogens with zero attached hydrogens (tertiary/aromatic N) is 2. The molecular formula is C16H14ClN3. The summed E-state index contributed by atoms with van der Waals surface area (Å²) in [6, 6.07) is 11.7. The minimum Gasteiger partial charge on any atom is -0.383 e. The van der Waals surface area contributed by atoms with Crippen LogP contribution in [0.5, 0.6) is 0 Å². The van der Waals surface area contributed by atoms with Gasteiger partial charge in [-0.15, -0.1) is 0 Å². The third-order valence-corrected chi connectivity index (χ3v) is 3.80. The van der Waals surface area contributed by atoms with E-state index in [0.29, 0.717) is 16.7 Å². The van der Waals surface area contributed by atoms with Crippen LogP contribution in [-0.4, -0.2) is 9.97 Å². The molecule has 0 aliphatic carbocycles. The number of benzene rings is 2. The Balaban J connectivity index is 2.28. The lowest BCUT2D eigenvalue weighted by Gasteiger charge is -2.09. The van der Waals surface area contributed by atoms with Crippen LogP contribution in [0.25, 0.3) is 22.3 Å². The molecule has 0 bridgehead atoms. The summed E-state index contributed by atoms with van der Waals surface area (Å²) in [5.74, 6) is 1.10. The fraction of sp³-hybridized carbons (Fsp3) is 0.125. The molecule has 0 amide bonds. The van der Waals surface area contributed by atoms with E-state index in [1.807, 2.05) is 50.2 Å². The Kier molecular flexibility index (Phi) is 3.07. The molecule has 0 fully saturated rings. The lowest BCUT2D eigenvalue weighted by Crippen LogP contribution is -1.99. The smallest absolute Gasteiger partial charge is 0.162 e. The first-order valence-electron chi connectivity index (χ1n) is 6.35. The van der Waals surface area contributed by atoms with Crippen LogP contribution < -0.4 is 5.73 Å². The molecule has 2 aromatic carbocycles. The molecule has 0 aliphatic heterocycles. The second kappa shape index (κ2) is 4.76. The molecule has 3 aromatic rings. The number of fused-ring (bicyclic) bond motifs is 1. The van der Waals surface area contributed by atoms with Gasteiger partial charge < -0.3 is 5.73 Å². The second-order valence-corrected chi connectivity index (χ2v) is 5.27. The van der Waals surface area contributed by atoms with Crippen LogP contribution in [0.15, 0.2) is 36.4 Å². The molecule has 0 unspecified atom stereocenters. The summed E-state index contributed by atoms with van der Waals surface area (Å²) in [5, 5.41) is 1.59. The highest BCUT2D eigenvalue weighted by Gasteiger charge is 2.11. The predicted molar refractivity (Wildman–Crippen MR) is 83.9 cm³/mol. The van der Waals surface area contributed by atoms with Gasteiger partial charge in [0.2, 0.25) is 0 Å². The first kappa shape index (κ1) is 12.9. The highest BCUT2D eigenvalue weighted by atomic mass is 35.5. The Hall–Kier alpha value is -2.13. The summed E-state index contributed by atoms with van der Waals surface area (Å²) in [6.45, 7) is 3.98. The SMILES string of the molecule is Cc1ccc2nc(-c3cccc(Cl)c3C)nc(N)c2c1. The molecule has 0 atom stereocenters. The van der Waals surface area contributed by atoms with E-state index in [0.717, 1.165) is 27.6 Å². The van der Waals surface area contributed by atoms with Crippen molar-refractivity contribution in [3.05, 3.63) is 52.5 Å². The molecule has 0 saturated heterocycles. The zero-order chi connectivity index (χ0) is 14.3. The Morgan fingerprint density at radius 1 is 1.05 bits per heavy atom. The van der Waals surface area contributed by atoms with Crippen molar-refractivity contribution >= 4 is 28.3 Å². The number of hydrogen-bond donors (Lipinski definition) is 1. The quantitative estimate of drug-likeness (QED) is 0.730. The Labute approximate surface area is 122 Å². The molecule has 1 aromatic heterocycles. The largest absolute Gasteiger partial charge is 0.383 e. The molecule has 0 radical (unpaired) electrons. The Morgan fingerprint density at radius 2 is 1.85 bits per heavy atom. The van der Waals surface area contributed by atoms with E-state index < -0.39 is 0 Å². The highest BCUT2D eigenvalue weighted by Crippen LogP contribution is 2.29. The molecule has 100 valence electrons. The van der Waals surface area contributed by atoms with Gasteiger partial charge in [-0.05, 0) is 37.6 Å². The summed E-state index contributed by atoms with van der Waals surface area (Å²) in [4.78, 5) is 9.02. The summed E-state index contributed by atoms with van der Waals surface area (Å²) in [5.41, 5.74) is 9.92. The summed E-state index contributed by atoms with van der Waals surface area (Å²) in [7, 11) is 0. The molecular weight excluding hydrogens is 270 g/mol. The van der Waals surface area contributed by atoms with E-state index >= 15 is 0 Å². The van der Waals surface area contributed by atoms with Crippen molar-refractivity contribution in [2.75, 3.05) is 5.73 Å². The first-order chi connectivity index (χ1) is 9.56. The summed E-state index contributed by atoms with van der Waals surface area (Å²) < 4.78 is 0. The molecule has 3 rings (SSSR count). The van der Waals surface area contributed by atoms with Crippen LogP contribution >= 0.6 is 11.6 Å². The second-order valence-electron chi connectivity index (χ2n) is 4.87. The number of hydrogen-bond acceptors (Lipinski definition) is 3. The maximum atomic E-state index is 6.16. The van der Waals surface area contributed by atoms with Gasteiger partial charge in [0.15, 0.2) is 5.82 Å². The van der Waals surface area contributed by atoms with E-state index in [9.17, 15) is 0 Å². The lowest BCUT2D eigenvalue weighted by molar-refractivity contribution is 1.22. The molecule has 4 heteroatoms. The van der Waals surface area contributed by atoms with Crippen LogP contribution in [0.3, 0.4) is 0 Å². The van der Waals surface area contributed by atoms with Crippen molar-refractivity contribution in [2.45, 2.75) is 13.8 Å². The molecule has 2 N–H and O–H groups in total. The van der Waals surface area contributed by atoms with Crippen molar-refractivity contribution in [3.8, 4) is 11.4 Å². The van der Waals surface area contributed by atoms with Gasteiger partial charge in [0.25, 0.3) is 0 Å². The van der Waals surface area contributed by atoms with E-state index in [1.54, 1.807) is 0 Å². The van der Waals surface area contributed by atoms with E-state index in [2.05, 4.69) is 9.97 Å². The molecule has 1 heterocycles.